The van der Waals surface area contributed by atoms with Crippen LogP contribution in [0.1, 0.15) is 6.42 Å². The molecule has 5 heteroatoms. The normalized spacial score (nSPS) is 16.8. The van der Waals surface area contributed by atoms with E-state index in [-0.39, 0.29) is 0 Å². The Balaban J connectivity index is 2.04. The minimum atomic E-state index is 0.778. The van der Waals surface area contributed by atoms with Crippen LogP contribution in [0.4, 0.5) is 5.69 Å². The van der Waals surface area contributed by atoms with Crippen molar-refractivity contribution >= 4 is 32.7 Å². The standard InChI is InChI=1S/C13H14BrN3O/c14-10-8-11-13(16-9-10)12(2-3-15-11)17-4-1-6-18-7-5-17/h2-3,8-9H,1,4-7H2. The molecule has 3 rings (SSSR count). The fourth-order valence-electron chi connectivity index (χ4n) is 2.23. The van der Waals surface area contributed by atoms with Crippen LogP contribution in [0.15, 0.2) is 29.0 Å². The number of anilines is 1. The number of pyridine rings is 2. The molecule has 1 saturated heterocycles. The third-order valence-corrected chi connectivity index (χ3v) is 3.52. The first kappa shape index (κ1) is 11.9. The van der Waals surface area contributed by atoms with Crippen molar-refractivity contribution in [3.05, 3.63) is 29.0 Å². The van der Waals surface area contributed by atoms with Crippen LogP contribution in [0.3, 0.4) is 0 Å². The summed E-state index contributed by atoms with van der Waals surface area (Å²) >= 11 is 3.43. The summed E-state index contributed by atoms with van der Waals surface area (Å²) in [7, 11) is 0. The Hall–Kier alpha value is -1.20. The highest BCUT2D eigenvalue weighted by molar-refractivity contribution is 9.10. The molecule has 2 aromatic heterocycles. The van der Waals surface area contributed by atoms with Gasteiger partial charge in [-0.2, -0.15) is 0 Å². The number of aromatic nitrogens is 2. The van der Waals surface area contributed by atoms with E-state index in [0.717, 1.165) is 53.9 Å². The zero-order valence-corrected chi connectivity index (χ0v) is 11.6. The van der Waals surface area contributed by atoms with Crippen molar-refractivity contribution in [2.24, 2.45) is 0 Å². The number of fused-ring (bicyclic) bond motifs is 1. The lowest BCUT2D eigenvalue weighted by molar-refractivity contribution is 0.152. The van der Waals surface area contributed by atoms with Crippen LogP contribution in [0.5, 0.6) is 0 Å². The predicted octanol–water partition coefficient (Wildman–Crippen LogP) is 2.62. The molecule has 0 N–H and O–H groups in total. The topological polar surface area (TPSA) is 38.2 Å². The van der Waals surface area contributed by atoms with Crippen molar-refractivity contribution in [1.82, 2.24) is 9.97 Å². The summed E-state index contributed by atoms with van der Waals surface area (Å²) in [4.78, 5) is 11.2. The summed E-state index contributed by atoms with van der Waals surface area (Å²) in [6.45, 7) is 3.55. The van der Waals surface area contributed by atoms with E-state index < -0.39 is 0 Å². The van der Waals surface area contributed by atoms with Gasteiger partial charge in [0.2, 0.25) is 0 Å². The number of rotatable bonds is 1. The van der Waals surface area contributed by atoms with Crippen LogP contribution in [0, 0.1) is 0 Å². The molecule has 4 nitrogen and oxygen atoms in total. The fourth-order valence-corrected chi connectivity index (χ4v) is 2.55. The summed E-state index contributed by atoms with van der Waals surface area (Å²) in [5.74, 6) is 0. The van der Waals surface area contributed by atoms with E-state index in [9.17, 15) is 0 Å². The van der Waals surface area contributed by atoms with Crippen molar-refractivity contribution in [2.45, 2.75) is 6.42 Å². The van der Waals surface area contributed by atoms with Gasteiger partial charge in [-0.3, -0.25) is 9.97 Å². The molecule has 0 amide bonds. The first-order valence-electron chi connectivity index (χ1n) is 6.07. The average Bonchev–Trinajstić information content (AvgIpc) is 2.66. The summed E-state index contributed by atoms with van der Waals surface area (Å²) in [6.07, 6.45) is 4.72. The first-order valence-corrected chi connectivity index (χ1v) is 6.87. The first-order chi connectivity index (χ1) is 8.84. The largest absolute Gasteiger partial charge is 0.380 e. The number of nitrogens with zero attached hydrogens (tertiary/aromatic N) is 3. The highest BCUT2D eigenvalue weighted by atomic mass is 79.9. The Morgan fingerprint density at radius 3 is 3.11 bits per heavy atom. The van der Waals surface area contributed by atoms with Gasteiger partial charge in [-0.05, 0) is 34.5 Å². The summed E-state index contributed by atoms with van der Waals surface area (Å²) < 4.78 is 6.45. The number of hydrogen-bond acceptors (Lipinski definition) is 4. The molecule has 0 spiro atoms. The second kappa shape index (κ2) is 5.20. The molecule has 0 atom stereocenters. The van der Waals surface area contributed by atoms with Crippen LogP contribution in [-0.2, 0) is 4.74 Å². The molecule has 0 aromatic carbocycles. The maximum atomic E-state index is 5.49. The SMILES string of the molecule is Brc1cnc2c(N3CCCOCC3)ccnc2c1. The predicted molar refractivity (Wildman–Crippen MR) is 74.9 cm³/mol. The summed E-state index contributed by atoms with van der Waals surface area (Å²) in [5, 5.41) is 0. The van der Waals surface area contributed by atoms with Crippen molar-refractivity contribution in [1.29, 1.82) is 0 Å². The maximum absolute atomic E-state index is 5.49. The van der Waals surface area contributed by atoms with E-state index in [1.807, 2.05) is 24.5 Å². The van der Waals surface area contributed by atoms with Crippen LogP contribution in [-0.4, -0.2) is 36.3 Å². The van der Waals surface area contributed by atoms with Crippen LogP contribution in [0.25, 0.3) is 11.0 Å². The Morgan fingerprint density at radius 1 is 1.22 bits per heavy atom. The van der Waals surface area contributed by atoms with Crippen LogP contribution >= 0.6 is 15.9 Å². The van der Waals surface area contributed by atoms with Gasteiger partial charge in [0, 0.05) is 36.6 Å². The third-order valence-electron chi connectivity index (χ3n) is 3.09. The van der Waals surface area contributed by atoms with Crippen molar-refractivity contribution in [3.8, 4) is 0 Å². The molecular formula is C13H14BrN3O. The Bertz CT molecular complexity index is 553. The van der Waals surface area contributed by atoms with E-state index >= 15 is 0 Å². The lowest BCUT2D eigenvalue weighted by Gasteiger charge is -2.22. The average molecular weight is 308 g/mol. The smallest absolute Gasteiger partial charge is 0.112 e. The van der Waals surface area contributed by atoms with Crippen LogP contribution in [0.2, 0.25) is 0 Å². The minimum Gasteiger partial charge on any atom is -0.380 e. The molecule has 94 valence electrons. The molecular weight excluding hydrogens is 294 g/mol. The lowest BCUT2D eigenvalue weighted by atomic mass is 10.2. The van der Waals surface area contributed by atoms with Gasteiger partial charge in [-0.1, -0.05) is 0 Å². The third kappa shape index (κ3) is 2.33. The Morgan fingerprint density at radius 2 is 2.17 bits per heavy atom. The van der Waals surface area contributed by atoms with E-state index in [2.05, 4.69) is 30.8 Å². The summed E-state index contributed by atoms with van der Waals surface area (Å²) in [5.41, 5.74) is 3.03. The monoisotopic (exact) mass is 307 g/mol. The molecule has 0 radical (unpaired) electrons. The number of hydrogen-bond donors (Lipinski definition) is 0. The van der Waals surface area contributed by atoms with Gasteiger partial charge in [-0.25, -0.2) is 0 Å². The van der Waals surface area contributed by atoms with Gasteiger partial charge >= 0.3 is 0 Å². The van der Waals surface area contributed by atoms with E-state index in [0.29, 0.717) is 0 Å². The second-order valence-electron chi connectivity index (χ2n) is 4.30. The van der Waals surface area contributed by atoms with Gasteiger partial charge in [-0.15, -0.1) is 0 Å². The fraction of sp³-hybridized carbons (Fsp3) is 0.385. The van der Waals surface area contributed by atoms with Gasteiger partial charge in [0.1, 0.15) is 5.52 Å². The van der Waals surface area contributed by atoms with Gasteiger partial charge < -0.3 is 9.64 Å². The molecule has 0 saturated carbocycles. The van der Waals surface area contributed by atoms with Gasteiger partial charge in [0.05, 0.1) is 17.8 Å². The molecule has 0 bridgehead atoms. The quantitative estimate of drug-likeness (QED) is 0.812. The minimum absolute atomic E-state index is 0.778. The summed E-state index contributed by atoms with van der Waals surface area (Å²) in [6, 6.07) is 4.04. The zero-order chi connectivity index (χ0) is 12.4. The van der Waals surface area contributed by atoms with E-state index in [4.69, 9.17) is 4.74 Å². The molecule has 18 heavy (non-hydrogen) atoms. The second-order valence-corrected chi connectivity index (χ2v) is 5.22. The van der Waals surface area contributed by atoms with Crippen LogP contribution < -0.4 is 4.90 Å². The Kier molecular flexibility index (Phi) is 3.43. The molecule has 1 fully saturated rings. The molecule has 2 aromatic rings. The molecule has 1 aliphatic rings. The van der Waals surface area contributed by atoms with Crippen molar-refractivity contribution in [3.63, 3.8) is 0 Å². The molecule has 0 unspecified atom stereocenters. The Labute approximate surface area is 114 Å². The van der Waals surface area contributed by atoms with E-state index in [1.165, 1.54) is 0 Å². The molecule has 3 heterocycles. The molecule has 1 aliphatic heterocycles. The molecule has 0 aliphatic carbocycles. The van der Waals surface area contributed by atoms with Gasteiger partial charge in [0.15, 0.2) is 0 Å². The van der Waals surface area contributed by atoms with Crippen molar-refractivity contribution < 1.29 is 4.74 Å². The highest BCUT2D eigenvalue weighted by Gasteiger charge is 2.14. The maximum Gasteiger partial charge on any atom is 0.112 e. The van der Waals surface area contributed by atoms with Gasteiger partial charge in [0.25, 0.3) is 0 Å². The lowest BCUT2D eigenvalue weighted by Crippen LogP contribution is -2.26. The van der Waals surface area contributed by atoms with Crippen molar-refractivity contribution in [2.75, 3.05) is 31.2 Å². The number of ether oxygens (including phenoxy) is 1. The van der Waals surface area contributed by atoms with E-state index in [1.54, 1.807) is 0 Å². The zero-order valence-electron chi connectivity index (χ0n) is 9.97. The highest BCUT2D eigenvalue weighted by Crippen LogP contribution is 2.25. The number of halogens is 1.